The van der Waals surface area contributed by atoms with Gasteiger partial charge in [0.25, 0.3) is 0 Å². The van der Waals surface area contributed by atoms with Gasteiger partial charge in [0.2, 0.25) is 17.6 Å². The van der Waals surface area contributed by atoms with Crippen molar-refractivity contribution in [1.82, 2.24) is 15.5 Å². The number of nitrogens with one attached hydrogen (secondary N) is 1. The number of carbonyl (C=O) groups is 1. The molecule has 25 heavy (non-hydrogen) atoms. The van der Waals surface area contributed by atoms with E-state index in [1.54, 1.807) is 12.1 Å². The molecule has 0 saturated carbocycles. The van der Waals surface area contributed by atoms with Crippen molar-refractivity contribution < 1.29 is 13.7 Å². The van der Waals surface area contributed by atoms with Gasteiger partial charge in [-0.2, -0.15) is 4.98 Å². The molecule has 0 saturated heterocycles. The maximum absolute atomic E-state index is 12.9. The van der Waals surface area contributed by atoms with E-state index >= 15 is 0 Å². The zero-order valence-corrected chi connectivity index (χ0v) is 14.7. The van der Waals surface area contributed by atoms with Gasteiger partial charge in [-0.05, 0) is 43.0 Å². The largest absolute Gasteiger partial charge is 0.352 e. The van der Waals surface area contributed by atoms with Gasteiger partial charge in [-0.15, -0.1) is 0 Å². The normalized spacial score (nSPS) is 12.4. The summed E-state index contributed by atoms with van der Waals surface area (Å²) in [7, 11) is 0. The summed E-state index contributed by atoms with van der Waals surface area (Å²) in [4.78, 5) is 16.2. The van der Waals surface area contributed by atoms with Crippen molar-refractivity contribution in [2.75, 3.05) is 6.54 Å². The molecule has 1 aromatic carbocycles. The Bertz CT molecular complexity index is 670. The standard InChI is InChI=1S/C18H25FN4O2/c1-12(2)10-15(11-20)21-16(24)4-3-5-17-22-18(23-25-17)13-6-8-14(19)9-7-13/h6-9,12,15H,3-5,10-11,20H2,1-2H3,(H,21,24). The van der Waals surface area contributed by atoms with Gasteiger partial charge in [-0.25, -0.2) is 4.39 Å². The van der Waals surface area contributed by atoms with Crippen LogP contribution < -0.4 is 11.1 Å². The molecule has 6 nitrogen and oxygen atoms in total. The van der Waals surface area contributed by atoms with Crippen molar-refractivity contribution in [2.45, 2.75) is 45.6 Å². The molecular weight excluding hydrogens is 323 g/mol. The highest BCUT2D eigenvalue weighted by atomic mass is 19.1. The molecule has 2 aromatic rings. The number of rotatable bonds is 9. The van der Waals surface area contributed by atoms with Gasteiger partial charge in [0.1, 0.15) is 5.82 Å². The second-order valence-electron chi connectivity index (χ2n) is 6.50. The molecule has 136 valence electrons. The van der Waals surface area contributed by atoms with E-state index in [1.807, 2.05) is 0 Å². The molecule has 0 radical (unpaired) electrons. The molecule has 0 aliphatic rings. The second kappa shape index (κ2) is 9.27. The summed E-state index contributed by atoms with van der Waals surface area (Å²) >= 11 is 0. The number of aryl methyl sites for hydroxylation is 1. The zero-order chi connectivity index (χ0) is 18.2. The Morgan fingerprint density at radius 1 is 1.32 bits per heavy atom. The van der Waals surface area contributed by atoms with E-state index in [9.17, 15) is 9.18 Å². The predicted molar refractivity (Wildman–Crippen MR) is 93.1 cm³/mol. The lowest BCUT2D eigenvalue weighted by atomic mass is 10.0. The van der Waals surface area contributed by atoms with Crippen LogP contribution in [0.5, 0.6) is 0 Å². The molecule has 1 atom stereocenters. The summed E-state index contributed by atoms with van der Waals surface area (Å²) in [5.74, 6) is 1.03. The number of nitrogens with two attached hydrogens (primary N) is 1. The molecule has 0 fully saturated rings. The molecule has 1 unspecified atom stereocenters. The number of halogens is 1. The minimum atomic E-state index is -0.313. The van der Waals surface area contributed by atoms with Crippen LogP contribution in [-0.4, -0.2) is 28.6 Å². The van der Waals surface area contributed by atoms with E-state index in [0.29, 0.717) is 49.0 Å². The molecule has 0 aliphatic heterocycles. The topological polar surface area (TPSA) is 94.0 Å². The smallest absolute Gasteiger partial charge is 0.226 e. The highest BCUT2D eigenvalue weighted by molar-refractivity contribution is 5.76. The fourth-order valence-electron chi connectivity index (χ4n) is 2.56. The summed E-state index contributed by atoms with van der Waals surface area (Å²) in [6.07, 6.45) is 2.37. The first-order valence-electron chi connectivity index (χ1n) is 8.56. The van der Waals surface area contributed by atoms with Gasteiger partial charge in [0.05, 0.1) is 0 Å². The van der Waals surface area contributed by atoms with Gasteiger partial charge in [-0.3, -0.25) is 4.79 Å². The first-order valence-corrected chi connectivity index (χ1v) is 8.56. The third kappa shape index (κ3) is 6.26. The third-order valence-corrected chi connectivity index (χ3v) is 3.77. The number of carbonyl (C=O) groups excluding carboxylic acids is 1. The van der Waals surface area contributed by atoms with Crippen LogP contribution in [0.25, 0.3) is 11.4 Å². The Labute approximate surface area is 147 Å². The summed E-state index contributed by atoms with van der Waals surface area (Å²) in [6.45, 7) is 4.64. The molecule has 1 amide bonds. The summed E-state index contributed by atoms with van der Waals surface area (Å²) < 4.78 is 18.1. The quantitative estimate of drug-likeness (QED) is 0.726. The van der Waals surface area contributed by atoms with Crippen LogP contribution >= 0.6 is 0 Å². The summed E-state index contributed by atoms with van der Waals surface area (Å²) in [5, 5.41) is 6.84. The molecule has 2 rings (SSSR count). The van der Waals surface area contributed by atoms with E-state index in [-0.39, 0.29) is 17.8 Å². The fourth-order valence-corrected chi connectivity index (χ4v) is 2.56. The molecule has 0 spiro atoms. The maximum atomic E-state index is 12.9. The van der Waals surface area contributed by atoms with Crippen molar-refractivity contribution in [3.63, 3.8) is 0 Å². The molecule has 0 aliphatic carbocycles. The fraction of sp³-hybridized carbons (Fsp3) is 0.500. The van der Waals surface area contributed by atoms with Gasteiger partial charge < -0.3 is 15.6 Å². The van der Waals surface area contributed by atoms with Crippen LogP contribution in [0.4, 0.5) is 4.39 Å². The molecule has 7 heteroatoms. The van der Waals surface area contributed by atoms with Crippen LogP contribution in [0.1, 0.15) is 39.0 Å². The Morgan fingerprint density at radius 2 is 2.04 bits per heavy atom. The van der Waals surface area contributed by atoms with E-state index in [2.05, 4.69) is 29.3 Å². The lowest BCUT2D eigenvalue weighted by molar-refractivity contribution is -0.121. The minimum absolute atomic E-state index is 0.0148. The van der Waals surface area contributed by atoms with Crippen molar-refractivity contribution in [3.05, 3.63) is 36.0 Å². The molecule has 1 aromatic heterocycles. The SMILES string of the molecule is CC(C)CC(CN)NC(=O)CCCc1nc(-c2ccc(F)cc2)no1. The van der Waals surface area contributed by atoms with Gasteiger partial charge in [0.15, 0.2) is 0 Å². The van der Waals surface area contributed by atoms with Crippen LogP contribution in [0, 0.1) is 11.7 Å². The molecule has 3 N–H and O–H groups in total. The minimum Gasteiger partial charge on any atom is -0.352 e. The van der Waals surface area contributed by atoms with E-state index < -0.39 is 0 Å². The number of hydrogen-bond donors (Lipinski definition) is 2. The lowest BCUT2D eigenvalue weighted by Gasteiger charge is -2.18. The first kappa shape index (κ1) is 19.1. The van der Waals surface area contributed by atoms with Crippen LogP contribution in [0.3, 0.4) is 0 Å². The number of aromatic nitrogens is 2. The van der Waals surface area contributed by atoms with Crippen molar-refractivity contribution in [2.24, 2.45) is 11.7 Å². The van der Waals surface area contributed by atoms with Gasteiger partial charge >= 0.3 is 0 Å². The average Bonchev–Trinajstić information content (AvgIpc) is 3.03. The van der Waals surface area contributed by atoms with Crippen molar-refractivity contribution in [3.8, 4) is 11.4 Å². The first-order chi connectivity index (χ1) is 12.0. The van der Waals surface area contributed by atoms with E-state index in [0.717, 1.165) is 6.42 Å². The van der Waals surface area contributed by atoms with Gasteiger partial charge in [-0.1, -0.05) is 19.0 Å². The molecular formula is C18H25FN4O2. The van der Waals surface area contributed by atoms with Crippen molar-refractivity contribution in [1.29, 1.82) is 0 Å². The lowest BCUT2D eigenvalue weighted by Crippen LogP contribution is -2.40. The van der Waals surface area contributed by atoms with Crippen molar-refractivity contribution >= 4 is 5.91 Å². The zero-order valence-electron chi connectivity index (χ0n) is 14.7. The molecule has 0 bridgehead atoms. The summed E-state index contributed by atoms with van der Waals surface area (Å²) in [5.41, 5.74) is 6.37. The Hall–Kier alpha value is -2.28. The Morgan fingerprint density at radius 3 is 2.68 bits per heavy atom. The van der Waals surface area contributed by atoms with E-state index in [1.165, 1.54) is 12.1 Å². The number of hydrogen-bond acceptors (Lipinski definition) is 5. The van der Waals surface area contributed by atoms with E-state index in [4.69, 9.17) is 10.3 Å². The van der Waals surface area contributed by atoms with Gasteiger partial charge in [0, 0.05) is 31.0 Å². The predicted octanol–water partition coefficient (Wildman–Crippen LogP) is 2.69. The monoisotopic (exact) mass is 348 g/mol. The highest BCUT2D eigenvalue weighted by Crippen LogP contribution is 2.16. The number of benzene rings is 1. The Balaban J connectivity index is 1.78. The van der Waals surface area contributed by atoms with Crippen LogP contribution in [0.15, 0.2) is 28.8 Å². The molecule has 1 heterocycles. The van der Waals surface area contributed by atoms with Crippen LogP contribution in [0.2, 0.25) is 0 Å². The summed E-state index contributed by atoms with van der Waals surface area (Å²) in [6, 6.07) is 5.90. The second-order valence-corrected chi connectivity index (χ2v) is 6.50. The highest BCUT2D eigenvalue weighted by Gasteiger charge is 2.13. The number of nitrogens with zero attached hydrogens (tertiary/aromatic N) is 2. The van der Waals surface area contributed by atoms with Crippen LogP contribution in [-0.2, 0) is 11.2 Å². The maximum Gasteiger partial charge on any atom is 0.226 e. The number of amides is 1. The Kier molecular flexibility index (Phi) is 7.06. The third-order valence-electron chi connectivity index (χ3n) is 3.77. The average molecular weight is 348 g/mol.